The zero-order valence-electron chi connectivity index (χ0n) is 50.3. The zero-order valence-corrected chi connectivity index (χ0v) is 52.5. The summed E-state index contributed by atoms with van der Waals surface area (Å²) in [6, 6.07) is 64.9. The van der Waals surface area contributed by atoms with Crippen LogP contribution in [0.15, 0.2) is 164 Å². The van der Waals surface area contributed by atoms with Gasteiger partial charge in [-0.1, -0.05) is 226 Å². The van der Waals surface area contributed by atoms with Crippen molar-refractivity contribution in [3.05, 3.63) is 233 Å². The van der Waals surface area contributed by atoms with Crippen LogP contribution in [0.4, 0.5) is 0 Å². The Morgan fingerprint density at radius 3 is 1.68 bits per heavy atom. The first kappa shape index (κ1) is 57.9. The predicted molar refractivity (Wildman–Crippen MR) is 329 cm³/mol. The number of hydrogen-bond acceptors (Lipinski definition) is 2. The Bertz CT molecular complexity index is 3840. The Hall–Kier alpha value is -6.81. The summed E-state index contributed by atoms with van der Waals surface area (Å²) in [5, 5.41) is 2.20. The minimum absolute atomic E-state index is 0. The predicted octanol–water partition coefficient (Wildman–Crippen LogP) is 18.9. The molecule has 0 amide bonds. The van der Waals surface area contributed by atoms with Crippen LogP contribution >= 0.6 is 0 Å². The van der Waals surface area contributed by atoms with Crippen molar-refractivity contribution in [3.8, 4) is 39.8 Å². The van der Waals surface area contributed by atoms with Crippen LogP contribution < -0.4 is 9.30 Å². The molecule has 0 bridgehead atoms. The largest absolute Gasteiger partial charge is 0.510 e. The van der Waals surface area contributed by atoms with Gasteiger partial charge in [0.1, 0.15) is 5.82 Å². The summed E-state index contributed by atoms with van der Waals surface area (Å²) in [6.07, 6.45) is 5.99. The van der Waals surface area contributed by atoms with E-state index >= 15 is 0 Å². The summed E-state index contributed by atoms with van der Waals surface area (Å²) in [4.78, 5) is 5.05. The maximum Gasteiger partial charge on any atom is 0.267 e. The summed E-state index contributed by atoms with van der Waals surface area (Å²) >= 11 is 0. The second-order valence-electron chi connectivity index (χ2n) is 26.7. The molecule has 7 aromatic carbocycles. The average Bonchev–Trinajstić information content (AvgIpc) is 4.23. The topological polar surface area (TPSA) is 35.9 Å². The maximum absolute atomic E-state index is 7.22. The monoisotopic (exact) mass is 1240 g/mol. The molecular weight excluding hydrogens is 1160 g/mol. The van der Waals surface area contributed by atoms with E-state index in [0.29, 0.717) is 11.5 Å². The molecule has 0 N–H and O–H groups in total. The third-order valence-electron chi connectivity index (χ3n) is 16.3. The molecule has 6 heteroatoms. The standard InChI is InChI=1S/C74H80N4O.Pt/c1-48(2)60-32-26-33-61(49(3)4)67(60)50-39-56(76-47-77(69(72(11,12)13)68(76)71(8,9)10)57-42-54(70(5,6)7)41-55(43-57)74(16,17)52-29-22-19-23-30-52)45-59(40-50)79-58-35-36-63-62-31-24-25-34-64(62)78(65(63)46-58)66-44-53(37-38-75-66)73(14,15)51-27-20-18-21-28-51;/h18-44,48-49H,1-17H3;/q-2;. The quantitative estimate of drug-likeness (QED) is 0.0903. The molecule has 0 atom stereocenters. The number of ether oxygens (including phenoxy) is 1. The Kier molecular flexibility index (Phi) is 15.6. The van der Waals surface area contributed by atoms with Gasteiger partial charge in [0.15, 0.2) is 0 Å². The number of pyridine rings is 1. The van der Waals surface area contributed by atoms with Crippen molar-refractivity contribution >= 4 is 21.8 Å². The molecule has 3 heterocycles. The van der Waals surface area contributed by atoms with Gasteiger partial charge in [-0.15, -0.1) is 35.2 Å². The van der Waals surface area contributed by atoms with Gasteiger partial charge in [0, 0.05) is 55.1 Å². The summed E-state index contributed by atoms with van der Waals surface area (Å²) < 4.78 is 14.1. The van der Waals surface area contributed by atoms with Crippen molar-refractivity contribution in [3.63, 3.8) is 0 Å². The minimum atomic E-state index is -0.324. The molecule has 10 rings (SSSR count). The molecule has 0 aliphatic heterocycles. The fourth-order valence-electron chi connectivity index (χ4n) is 11.7. The molecule has 10 aromatic rings. The van der Waals surface area contributed by atoms with Gasteiger partial charge in [-0.05, 0) is 114 Å². The van der Waals surface area contributed by atoms with E-state index in [0.717, 1.165) is 50.3 Å². The SMILES string of the molecule is CC(C)c1cccc(C(C)C)c1-c1cc(Oc2[c-]c3c(cc2)c2ccccc2n3-c2cc(C(C)(C)c3ccccc3)ccn2)[c-]c(-n2[c-][n+](-c3cc(C(C)(C)C)cc(C(C)(C)c4ccccc4)c3)c(C(C)(C)C)c2C(C)(C)C)c1.[Pt]. The first-order chi connectivity index (χ1) is 37.2. The molecular formula is C74H80N4OPt-2. The molecule has 80 heavy (non-hydrogen) atoms. The van der Waals surface area contributed by atoms with E-state index in [9.17, 15) is 0 Å². The van der Waals surface area contributed by atoms with E-state index in [1.165, 1.54) is 50.2 Å². The Balaban J connectivity index is 0.00000774. The fourth-order valence-corrected chi connectivity index (χ4v) is 11.7. The van der Waals surface area contributed by atoms with Crippen LogP contribution in [-0.4, -0.2) is 14.1 Å². The maximum atomic E-state index is 7.22. The number of aromatic nitrogens is 4. The van der Waals surface area contributed by atoms with E-state index in [4.69, 9.17) is 9.72 Å². The molecule has 5 nitrogen and oxygen atoms in total. The van der Waals surface area contributed by atoms with Crippen LogP contribution in [0, 0.1) is 18.5 Å². The molecule has 0 aliphatic carbocycles. The van der Waals surface area contributed by atoms with Crippen LogP contribution in [0.5, 0.6) is 11.5 Å². The summed E-state index contributed by atoms with van der Waals surface area (Å²) in [5.74, 6) is 2.56. The van der Waals surface area contributed by atoms with Gasteiger partial charge < -0.3 is 13.9 Å². The Morgan fingerprint density at radius 1 is 0.500 bits per heavy atom. The molecule has 0 spiro atoms. The average molecular weight is 1240 g/mol. The third kappa shape index (κ3) is 10.9. The molecule has 0 unspecified atom stereocenters. The van der Waals surface area contributed by atoms with Gasteiger partial charge in [-0.25, -0.2) is 4.98 Å². The van der Waals surface area contributed by atoms with E-state index < -0.39 is 0 Å². The molecule has 0 fully saturated rings. The van der Waals surface area contributed by atoms with Gasteiger partial charge in [-0.3, -0.25) is 4.57 Å². The smallest absolute Gasteiger partial charge is 0.267 e. The molecule has 0 aliphatic rings. The van der Waals surface area contributed by atoms with E-state index in [1.807, 2.05) is 12.3 Å². The van der Waals surface area contributed by atoms with Crippen molar-refractivity contribution < 1.29 is 30.4 Å². The fraction of sp³-hybridized carbons (Fsp3) is 0.324. The number of imidazole rings is 1. The second-order valence-corrected chi connectivity index (χ2v) is 26.7. The van der Waals surface area contributed by atoms with Crippen molar-refractivity contribution in [1.82, 2.24) is 14.1 Å². The number of nitrogens with zero attached hydrogens (tertiary/aromatic N) is 4. The number of fused-ring (bicyclic) bond motifs is 3. The van der Waals surface area contributed by atoms with Crippen molar-refractivity contribution in [2.24, 2.45) is 0 Å². The summed E-state index contributed by atoms with van der Waals surface area (Å²) in [5.41, 5.74) is 16.1. The van der Waals surface area contributed by atoms with Crippen LogP contribution in [0.25, 0.3) is 50.1 Å². The van der Waals surface area contributed by atoms with Crippen LogP contribution in [0.1, 0.15) is 180 Å². The first-order valence-electron chi connectivity index (χ1n) is 28.4. The zero-order chi connectivity index (χ0) is 56.6. The molecule has 3 aromatic heterocycles. The van der Waals surface area contributed by atoms with E-state index in [-0.39, 0.29) is 60.0 Å². The molecule has 414 valence electrons. The number of rotatable bonds is 12. The van der Waals surface area contributed by atoms with Gasteiger partial charge in [0.2, 0.25) is 0 Å². The third-order valence-corrected chi connectivity index (χ3v) is 16.3. The van der Waals surface area contributed by atoms with E-state index in [2.05, 4.69) is 302 Å². The van der Waals surface area contributed by atoms with Crippen molar-refractivity contribution in [2.75, 3.05) is 0 Å². The Labute approximate surface area is 492 Å². The van der Waals surface area contributed by atoms with Gasteiger partial charge in [-0.2, -0.15) is 12.1 Å². The van der Waals surface area contributed by atoms with Gasteiger partial charge >= 0.3 is 0 Å². The van der Waals surface area contributed by atoms with Gasteiger partial charge in [0.25, 0.3) is 6.33 Å². The number of para-hydroxylation sites is 1. The minimum Gasteiger partial charge on any atom is -0.510 e. The van der Waals surface area contributed by atoms with Crippen molar-refractivity contribution in [2.45, 2.75) is 157 Å². The molecule has 0 saturated carbocycles. The van der Waals surface area contributed by atoms with Crippen LogP contribution in [0.2, 0.25) is 0 Å². The van der Waals surface area contributed by atoms with Crippen molar-refractivity contribution in [1.29, 1.82) is 0 Å². The van der Waals surface area contributed by atoms with E-state index in [1.54, 1.807) is 0 Å². The number of hydrogen-bond donors (Lipinski definition) is 0. The van der Waals surface area contributed by atoms with Crippen LogP contribution in [-0.2, 0) is 48.1 Å². The first-order valence-corrected chi connectivity index (χ1v) is 28.4. The van der Waals surface area contributed by atoms with Gasteiger partial charge in [0.05, 0.1) is 17.1 Å². The second kappa shape index (κ2) is 21.6. The summed E-state index contributed by atoms with van der Waals surface area (Å²) in [7, 11) is 0. The van der Waals surface area contributed by atoms with Crippen LogP contribution in [0.3, 0.4) is 0 Å². The Morgan fingerprint density at radius 2 is 1.09 bits per heavy atom. The number of benzene rings is 7. The molecule has 0 saturated heterocycles. The summed E-state index contributed by atoms with van der Waals surface area (Å²) in [6.45, 7) is 39.3. The normalized spacial score (nSPS) is 12.7. The molecule has 0 radical (unpaired) electrons.